The van der Waals surface area contributed by atoms with E-state index < -0.39 is 12.0 Å². The van der Waals surface area contributed by atoms with E-state index in [9.17, 15) is 4.79 Å². The standard InChI is InChI=1S/C8H15I2NO3/c1-8(2,3)5-11(9)6(4-14-10)7(12)13/h6H,4-5H2,1-3H3,(H,12,13). The van der Waals surface area contributed by atoms with Crippen molar-refractivity contribution in [3.8, 4) is 0 Å². The number of carboxylic acids is 1. The Kier molecular flexibility index (Phi) is 6.83. The molecule has 0 radical (unpaired) electrons. The van der Waals surface area contributed by atoms with Gasteiger partial charge in [-0.15, -0.1) is 0 Å². The molecular formula is C8H15I2NO3. The van der Waals surface area contributed by atoms with Gasteiger partial charge in [-0.25, -0.2) is 3.11 Å². The molecule has 0 saturated carbocycles. The van der Waals surface area contributed by atoms with Crippen molar-refractivity contribution >= 4 is 51.8 Å². The highest BCUT2D eigenvalue weighted by Gasteiger charge is 2.27. The molecule has 84 valence electrons. The van der Waals surface area contributed by atoms with Crippen molar-refractivity contribution in [3.63, 3.8) is 0 Å². The van der Waals surface area contributed by atoms with E-state index in [0.29, 0.717) is 6.54 Å². The number of aliphatic carboxylic acids is 1. The maximum Gasteiger partial charge on any atom is 0.324 e. The SMILES string of the molecule is CC(C)(C)CN(I)C(COI)C(=O)O. The third-order valence-corrected chi connectivity index (χ3v) is 2.84. The summed E-state index contributed by atoms with van der Waals surface area (Å²) in [5.74, 6) is -0.847. The Morgan fingerprint density at radius 2 is 2.07 bits per heavy atom. The summed E-state index contributed by atoms with van der Waals surface area (Å²) in [5.41, 5.74) is 0.0835. The number of carboxylic acid groups (broad SMARTS) is 1. The largest absolute Gasteiger partial charge is 0.480 e. The topological polar surface area (TPSA) is 49.8 Å². The van der Waals surface area contributed by atoms with E-state index >= 15 is 0 Å². The maximum atomic E-state index is 10.9. The van der Waals surface area contributed by atoms with Crippen LogP contribution in [0.4, 0.5) is 0 Å². The van der Waals surface area contributed by atoms with Gasteiger partial charge in [0.1, 0.15) is 29.0 Å². The first-order valence-corrected chi connectivity index (χ1v) is 6.01. The smallest absolute Gasteiger partial charge is 0.324 e. The first-order chi connectivity index (χ1) is 6.28. The first-order valence-electron chi connectivity index (χ1n) is 4.16. The van der Waals surface area contributed by atoms with Crippen molar-refractivity contribution in [1.82, 2.24) is 3.11 Å². The minimum absolute atomic E-state index is 0.0835. The van der Waals surface area contributed by atoms with Crippen molar-refractivity contribution in [1.29, 1.82) is 0 Å². The molecular weight excluding hydrogens is 412 g/mol. The minimum atomic E-state index is -0.847. The van der Waals surface area contributed by atoms with Crippen molar-refractivity contribution in [2.24, 2.45) is 5.41 Å². The average molecular weight is 427 g/mol. The zero-order chi connectivity index (χ0) is 11.4. The fourth-order valence-electron chi connectivity index (χ4n) is 0.895. The van der Waals surface area contributed by atoms with Crippen molar-refractivity contribution in [3.05, 3.63) is 0 Å². The fraction of sp³-hybridized carbons (Fsp3) is 0.875. The molecule has 0 fully saturated rings. The number of hydrogen-bond donors (Lipinski definition) is 1. The van der Waals surface area contributed by atoms with Gasteiger partial charge in [-0.05, 0) is 5.41 Å². The third kappa shape index (κ3) is 6.36. The molecule has 1 unspecified atom stereocenters. The van der Waals surface area contributed by atoms with Crippen LogP contribution < -0.4 is 0 Å². The molecule has 0 rings (SSSR count). The van der Waals surface area contributed by atoms with Gasteiger partial charge in [-0.2, -0.15) is 0 Å². The minimum Gasteiger partial charge on any atom is -0.480 e. The summed E-state index contributed by atoms with van der Waals surface area (Å²) in [6, 6.07) is -0.577. The fourth-order valence-corrected chi connectivity index (χ4v) is 2.66. The van der Waals surface area contributed by atoms with Gasteiger partial charge in [0.15, 0.2) is 0 Å². The van der Waals surface area contributed by atoms with E-state index in [4.69, 9.17) is 8.17 Å². The number of carbonyl (C=O) groups is 1. The Labute approximate surface area is 113 Å². The Morgan fingerprint density at radius 3 is 2.36 bits per heavy atom. The van der Waals surface area contributed by atoms with Crippen LogP contribution in [0.15, 0.2) is 0 Å². The van der Waals surface area contributed by atoms with E-state index in [1.165, 1.54) is 0 Å². The summed E-state index contributed by atoms with van der Waals surface area (Å²) in [6.07, 6.45) is 0. The molecule has 0 aliphatic carbocycles. The Balaban J connectivity index is 4.29. The van der Waals surface area contributed by atoms with E-state index in [1.807, 2.05) is 22.9 Å². The van der Waals surface area contributed by atoms with Gasteiger partial charge in [0.2, 0.25) is 0 Å². The summed E-state index contributed by atoms with van der Waals surface area (Å²) in [7, 11) is 0. The Hall–Kier alpha value is 0.850. The van der Waals surface area contributed by atoms with Gasteiger partial charge in [0.05, 0.1) is 6.61 Å². The van der Waals surface area contributed by atoms with Gasteiger partial charge >= 0.3 is 5.97 Å². The number of halogens is 2. The van der Waals surface area contributed by atoms with Crippen LogP contribution in [0.5, 0.6) is 0 Å². The van der Waals surface area contributed by atoms with Gasteiger partial charge in [0.25, 0.3) is 0 Å². The van der Waals surface area contributed by atoms with E-state index in [0.717, 1.165) is 0 Å². The van der Waals surface area contributed by atoms with Crippen LogP contribution in [0.25, 0.3) is 0 Å². The van der Waals surface area contributed by atoms with Crippen LogP contribution >= 0.6 is 45.9 Å². The second-order valence-electron chi connectivity index (χ2n) is 4.25. The lowest BCUT2D eigenvalue weighted by Gasteiger charge is -2.28. The van der Waals surface area contributed by atoms with Crippen LogP contribution in [0.2, 0.25) is 0 Å². The predicted octanol–water partition coefficient (Wildman–Crippen LogP) is 2.50. The summed E-state index contributed by atoms with van der Waals surface area (Å²) in [6.45, 7) is 7.13. The van der Waals surface area contributed by atoms with Gasteiger partial charge in [-0.1, -0.05) is 20.8 Å². The van der Waals surface area contributed by atoms with E-state index in [-0.39, 0.29) is 12.0 Å². The molecule has 0 spiro atoms. The van der Waals surface area contributed by atoms with Crippen molar-refractivity contribution < 1.29 is 13.0 Å². The van der Waals surface area contributed by atoms with Crippen LogP contribution in [-0.4, -0.2) is 33.4 Å². The molecule has 1 N–H and O–H groups in total. The zero-order valence-electron chi connectivity index (χ0n) is 8.46. The lowest BCUT2D eigenvalue weighted by molar-refractivity contribution is -0.141. The molecule has 0 aromatic heterocycles. The van der Waals surface area contributed by atoms with E-state index in [1.54, 1.807) is 26.1 Å². The summed E-state index contributed by atoms with van der Waals surface area (Å²) < 4.78 is 6.62. The lowest BCUT2D eigenvalue weighted by Crippen LogP contribution is -2.41. The zero-order valence-corrected chi connectivity index (χ0v) is 12.8. The summed E-state index contributed by atoms with van der Waals surface area (Å²) >= 11 is 3.75. The molecule has 0 aromatic carbocycles. The quantitative estimate of drug-likeness (QED) is 0.542. The molecule has 0 bridgehead atoms. The molecule has 14 heavy (non-hydrogen) atoms. The van der Waals surface area contributed by atoms with Gasteiger partial charge in [0, 0.05) is 29.4 Å². The van der Waals surface area contributed by atoms with Gasteiger partial charge in [-0.3, -0.25) is 4.79 Å². The Morgan fingerprint density at radius 1 is 1.57 bits per heavy atom. The second kappa shape index (κ2) is 6.44. The third-order valence-electron chi connectivity index (χ3n) is 1.47. The number of hydrogen-bond acceptors (Lipinski definition) is 3. The van der Waals surface area contributed by atoms with Gasteiger partial charge < -0.3 is 8.17 Å². The first kappa shape index (κ1) is 14.8. The molecule has 0 aromatic rings. The predicted molar refractivity (Wildman–Crippen MR) is 71.6 cm³/mol. The molecule has 0 saturated heterocycles. The number of nitrogens with zero attached hydrogens (tertiary/aromatic N) is 1. The molecule has 6 heteroatoms. The molecule has 0 heterocycles. The molecule has 4 nitrogen and oxygen atoms in total. The van der Waals surface area contributed by atoms with Crippen LogP contribution in [-0.2, 0) is 7.86 Å². The highest BCUT2D eigenvalue weighted by atomic mass is 127. The van der Waals surface area contributed by atoms with Crippen molar-refractivity contribution in [2.75, 3.05) is 13.2 Å². The van der Waals surface area contributed by atoms with Crippen LogP contribution in [0, 0.1) is 5.41 Å². The highest BCUT2D eigenvalue weighted by Crippen LogP contribution is 2.20. The second-order valence-corrected chi connectivity index (χ2v) is 6.11. The molecule has 1 atom stereocenters. The molecule has 0 amide bonds. The Bertz CT molecular complexity index is 194. The molecule has 0 aliphatic heterocycles. The van der Waals surface area contributed by atoms with Crippen molar-refractivity contribution in [2.45, 2.75) is 26.8 Å². The van der Waals surface area contributed by atoms with Crippen LogP contribution in [0.3, 0.4) is 0 Å². The average Bonchev–Trinajstić information content (AvgIpc) is 1.95. The summed E-state index contributed by atoms with van der Waals surface area (Å²) in [5, 5.41) is 8.94. The summed E-state index contributed by atoms with van der Waals surface area (Å²) in [4.78, 5) is 10.9. The lowest BCUT2D eigenvalue weighted by atomic mass is 9.96. The maximum absolute atomic E-state index is 10.9. The van der Waals surface area contributed by atoms with E-state index in [2.05, 4.69) is 20.8 Å². The highest BCUT2D eigenvalue weighted by molar-refractivity contribution is 14.1. The monoisotopic (exact) mass is 427 g/mol. The van der Waals surface area contributed by atoms with Crippen LogP contribution in [0.1, 0.15) is 20.8 Å². The molecule has 0 aliphatic rings. The normalized spacial score (nSPS) is 14.4. The number of rotatable bonds is 5.